The molecule has 2 aromatic rings. The van der Waals surface area contributed by atoms with Gasteiger partial charge in [-0.3, -0.25) is 19.7 Å². The van der Waals surface area contributed by atoms with Gasteiger partial charge in [0, 0.05) is 16.8 Å². The smallest absolute Gasteiger partial charge is 0.298 e. The third kappa shape index (κ3) is 4.92. The van der Waals surface area contributed by atoms with Gasteiger partial charge in [0.25, 0.3) is 11.6 Å². The van der Waals surface area contributed by atoms with Gasteiger partial charge in [-0.25, -0.2) is 0 Å². The number of benzene rings is 2. The standard InChI is InChI=1S/C16H13ClN4O4/c1-10(22)15(16(23)18-12-5-3-2-4-6-12)20-19-13-8-7-11(17)9-14(13)21(24)25/h2-9,15H,1H3,(H,18,23). The number of hydrogen-bond acceptors (Lipinski definition) is 6. The molecular formula is C16H13ClN4O4. The molecule has 0 fully saturated rings. The van der Waals surface area contributed by atoms with Crippen LogP contribution in [-0.2, 0) is 9.59 Å². The molecule has 2 rings (SSSR count). The van der Waals surface area contributed by atoms with Crippen LogP contribution in [0.4, 0.5) is 17.1 Å². The van der Waals surface area contributed by atoms with Gasteiger partial charge in [-0.2, -0.15) is 5.11 Å². The number of azo groups is 1. The average molecular weight is 361 g/mol. The molecule has 0 heterocycles. The van der Waals surface area contributed by atoms with Crippen LogP contribution in [0.5, 0.6) is 0 Å². The molecule has 1 atom stereocenters. The Morgan fingerprint density at radius 1 is 1.20 bits per heavy atom. The van der Waals surface area contributed by atoms with Crippen molar-refractivity contribution in [3.63, 3.8) is 0 Å². The SMILES string of the molecule is CC(=O)C(N=Nc1ccc(Cl)cc1[N+](=O)[O-])C(=O)Nc1ccccc1. The van der Waals surface area contributed by atoms with Gasteiger partial charge in [-0.15, -0.1) is 5.11 Å². The van der Waals surface area contributed by atoms with Crippen LogP contribution >= 0.6 is 11.6 Å². The van der Waals surface area contributed by atoms with Crippen molar-refractivity contribution in [2.75, 3.05) is 5.32 Å². The second-order valence-electron chi connectivity index (χ2n) is 4.97. The van der Waals surface area contributed by atoms with Crippen molar-refractivity contribution < 1.29 is 14.5 Å². The molecule has 0 radical (unpaired) electrons. The fourth-order valence-electron chi connectivity index (χ4n) is 1.90. The maximum atomic E-state index is 12.2. The zero-order chi connectivity index (χ0) is 18.4. The molecule has 1 amide bonds. The second-order valence-corrected chi connectivity index (χ2v) is 5.41. The molecule has 0 aliphatic rings. The van der Waals surface area contributed by atoms with E-state index in [1.807, 2.05) is 0 Å². The highest BCUT2D eigenvalue weighted by atomic mass is 35.5. The van der Waals surface area contributed by atoms with Crippen molar-refractivity contribution >= 4 is 40.4 Å². The first kappa shape index (κ1) is 18.2. The number of anilines is 1. The lowest BCUT2D eigenvalue weighted by molar-refractivity contribution is -0.384. The van der Waals surface area contributed by atoms with E-state index < -0.39 is 22.7 Å². The predicted octanol–water partition coefficient (Wildman–Crippen LogP) is 3.93. The van der Waals surface area contributed by atoms with Crippen LogP contribution in [0.3, 0.4) is 0 Å². The van der Waals surface area contributed by atoms with E-state index in [4.69, 9.17) is 11.6 Å². The number of nitrogens with one attached hydrogen (secondary N) is 1. The molecule has 9 heteroatoms. The van der Waals surface area contributed by atoms with Gasteiger partial charge in [0.15, 0.2) is 11.5 Å². The average Bonchev–Trinajstić information content (AvgIpc) is 2.56. The number of ketones is 1. The van der Waals surface area contributed by atoms with Gasteiger partial charge in [0.1, 0.15) is 0 Å². The summed E-state index contributed by atoms with van der Waals surface area (Å²) >= 11 is 5.72. The fraction of sp³-hybridized carbons (Fsp3) is 0.125. The monoisotopic (exact) mass is 360 g/mol. The van der Waals surface area contributed by atoms with Crippen LogP contribution in [0.25, 0.3) is 0 Å². The fourth-order valence-corrected chi connectivity index (χ4v) is 2.06. The Kier molecular flexibility index (Phi) is 5.91. The summed E-state index contributed by atoms with van der Waals surface area (Å²) in [6.07, 6.45) is 0. The molecule has 25 heavy (non-hydrogen) atoms. The predicted molar refractivity (Wildman–Crippen MR) is 92.2 cm³/mol. The topological polar surface area (TPSA) is 114 Å². The van der Waals surface area contributed by atoms with Gasteiger partial charge >= 0.3 is 0 Å². The molecule has 0 spiro atoms. The van der Waals surface area contributed by atoms with Gasteiger partial charge < -0.3 is 5.32 Å². The van der Waals surface area contributed by atoms with E-state index in [1.54, 1.807) is 30.3 Å². The highest BCUT2D eigenvalue weighted by Gasteiger charge is 2.24. The van der Waals surface area contributed by atoms with E-state index in [2.05, 4.69) is 15.5 Å². The number of nitro benzene ring substituents is 1. The Bertz CT molecular complexity index is 839. The number of carbonyl (C=O) groups excluding carboxylic acids is 2. The van der Waals surface area contributed by atoms with E-state index in [0.717, 1.165) is 6.07 Å². The van der Waals surface area contributed by atoms with Crippen LogP contribution in [-0.4, -0.2) is 22.7 Å². The van der Waals surface area contributed by atoms with Crippen LogP contribution < -0.4 is 5.32 Å². The minimum Gasteiger partial charge on any atom is -0.324 e. The highest BCUT2D eigenvalue weighted by Crippen LogP contribution is 2.30. The van der Waals surface area contributed by atoms with E-state index in [0.29, 0.717) is 5.69 Å². The molecule has 0 aliphatic carbocycles. The number of carbonyl (C=O) groups is 2. The molecular weight excluding hydrogens is 348 g/mol. The number of para-hydroxylation sites is 1. The van der Waals surface area contributed by atoms with E-state index in [1.165, 1.54) is 19.1 Å². The number of rotatable bonds is 6. The summed E-state index contributed by atoms with van der Waals surface area (Å²) in [5.41, 5.74) is 0.0154. The van der Waals surface area contributed by atoms with E-state index in [-0.39, 0.29) is 16.4 Å². The summed E-state index contributed by atoms with van der Waals surface area (Å²) in [4.78, 5) is 34.3. The van der Waals surface area contributed by atoms with Crippen molar-refractivity contribution in [2.45, 2.75) is 13.0 Å². The lowest BCUT2D eigenvalue weighted by Crippen LogP contribution is -2.31. The first-order valence-corrected chi connectivity index (χ1v) is 7.47. The summed E-state index contributed by atoms with van der Waals surface area (Å²) < 4.78 is 0. The Labute approximate surface area is 147 Å². The van der Waals surface area contributed by atoms with Gasteiger partial charge in [-0.1, -0.05) is 29.8 Å². The van der Waals surface area contributed by atoms with Crippen LogP contribution in [0.1, 0.15) is 6.92 Å². The largest absolute Gasteiger partial charge is 0.324 e. The van der Waals surface area contributed by atoms with Crippen molar-refractivity contribution in [2.24, 2.45) is 10.2 Å². The summed E-state index contributed by atoms with van der Waals surface area (Å²) in [6.45, 7) is 1.19. The maximum Gasteiger partial charge on any atom is 0.298 e. The quantitative estimate of drug-likeness (QED) is 0.363. The zero-order valence-corrected chi connectivity index (χ0v) is 13.8. The number of amides is 1. The molecule has 0 aliphatic heterocycles. The number of nitrogens with zero attached hydrogens (tertiary/aromatic N) is 3. The van der Waals surface area contributed by atoms with Crippen molar-refractivity contribution in [1.82, 2.24) is 0 Å². The van der Waals surface area contributed by atoms with Crippen molar-refractivity contribution in [1.29, 1.82) is 0 Å². The normalized spacial score (nSPS) is 11.9. The number of nitro groups is 1. The molecule has 0 saturated carbocycles. The third-order valence-corrected chi connectivity index (χ3v) is 3.32. The summed E-state index contributed by atoms with van der Waals surface area (Å²) in [5.74, 6) is -1.23. The van der Waals surface area contributed by atoms with E-state index >= 15 is 0 Å². The van der Waals surface area contributed by atoms with Gasteiger partial charge in [0.2, 0.25) is 6.04 Å². The van der Waals surface area contributed by atoms with Crippen LogP contribution in [0.2, 0.25) is 5.02 Å². The molecule has 1 N–H and O–H groups in total. The zero-order valence-electron chi connectivity index (χ0n) is 13.0. The Balaban J connectivity index is 2.25. The van der Waals surface area contributed by atoms with Crippen LogP contribution in [0.15, 0.2) is 58.8 Å². The summed E-state index contributed by atoms with van der Waals surface area (Å²) in [7, 11) is 0. The van der Waals surface area contributed by atoms with Crippen LogP contribution in [0, 0.1) is 10.1 Å². The first-order chi connectivity index (χ1) is 11.9. The molecule has 128 valence electrons. The minimum absolute atomic E-state index is 0.104. The molecule has 0 saturated heterocycles. The highest BCUT2D eigenvalue weighted by molar-refractivity contribution is 6.30. The minimum atomic E-state index is -1.42. The lowest BCUT2D eigenvalue weighted by atomic mass is 10.2. The van der Waals surface area contributed by atoms with Gasteiger partial charge in [0.05, 0.1) is 4.92 Å². The Morgan fingerprint density at radius 2 is 1.88 bits per heavy atom. The maximum absolute atomic E-state index is 12.2. The van der Waals surface area contributed by atoms with Gasteiger partial charge in [-0.05, 0) is 31.2 Å². The first-order valence-electron chi connectivity index (χ1n) is 7.09. The lowest BCUT2D eigenvalue weighted by Gasteiger charge is -2.09. The third-order valence-electron chi connectivity index (χ3n) is 3.09. The number of halogens is 1. The second kappa shape index (κ2) is 8.11. The summed E-state index contributed by atoms with van der Waals surface area (Å²) in [6, 6.07) is 10.9. The molecule has 2 aromatic carbocycles. The number of hydrogen-bond donors (Lipinski definition) is 1. The Hall–Kier alpha value is -3.13. The van der Waals surface area contributed by atoms with E-state index in [9.17, 15) is 19.7 Å². The molecule has 0 aromatic heterocycles. The van der Waals surface area contributed by atoms with Crippen molar-refractivity contribution in [3.05, 3.63) is 63.7 Å². The molecule has 0 bridgehead atoms. The number of Topliss-reactive ketones (excluding diaryl/α,β-unsaturated/α-hetero) is 1. The molecule has 1 unspecified atom stereocenters. The molecule has 8 nitrogen and oxygen atoms in total. The Morgan fingerprint density at radius 3 is 2.48 bits per heavy atom. The van der Waals surface area contributed by atoms with Crippen molar-refractivity contribution in [3.8, 4) is 0 Å². The summed E-state index contributed by atoms with van der Waals surface area (Å²) in [5, 5.41) is 21.1.